The average Bonchev–Trinajstić information content (AvgIpc) is 3.25. The molecule has 3 heteroatoms. The Morgan fingerprint density at radius 1 is 1.35 bits per heavy atom. The number of aryl methyl sites for hydroxylation is 2. The van der Waals surface area contributed by atoms with Crippen LogP contribution in [0.2, 0.25) is 0 Å². The average molecular weight is 276 g/mol. The van der Waals surface area contributed by atoms with Gasteiger partial charge in [-0.05, 0) is 44.9 Å². The lowest BCUT2D eigenvalue weighted by atomic mass is 9.99. The minimum atomic E-state index is 0.396. The molecule has 0 amide bonds. The van der Waals surface area contributed by atoms with E-state index in [4.69, 9.17) is 4.74 Å². The second-order valence-electron chi connectivity index (χ2n) is 5.92. The van der Waals surface area contributed by atoms with Crippen molar-refractivity contribution >= 4 is 0 Å². The van der Waals surface area contributed by atoms with Gasteiger partial charge in [0.05, 0.1) is 6.61 Å². The van der Waals surface area contributed by atoms with Crippen LogP contribution in [0.5, 0.6) is 0 Å². The highest BCUT2D eigenvalue weighted by Gasteiger charge is 2.30. The summed E-state index contributed by atoms with van der Waals surface area (Å²) in [6.07, 6.45) is 2.68. The molecule has 1 saturated carbocycles. The third-order valence-electron chi connectivity index (χ3n) is 4.21. The van der Waals surface area contributed by atoms with Gasteiger partial charge < -0.3 is 10.1 Å². The summed E-state index contributed by atoms with van der Waals surface area (Å²) in [5.74, 6) is 0. The van der Waals surface area contributed by atoms with Crippen LogP contribution in [0, 0.1) is 13.8 Å². The van der Waals surface area contributed by atoms with E-state index < -0.39 is 0 Å². The van der Waals surface area contributed by atoms with Gasteiger partial charge in [-0.15, -0.1) is 0 Å². The molecular weight excluding hydrogens is 248 g/mol. The molecule has 3 nitrogen and oxygen atoms in total. The molecule has 1 aromatic rings. The van der Waals surface area contributed by atoms with Gasteiger partial charge in [0.25, 0.3) is 0 Å². The number of ether oxygens (including phenoxy) is 1. The van der Waals surface area contributed by atoms with Crippen LogP contribution in [0.25, 0.3) is 0 Å². The van der Waals surface area contributed by atoms with Crippen molar-refractivity contribution in [3.8, 4) is 0 Å². The predicted molar refractivity (Wildman–Crippen MR) is 84.2 cm³/mol. The Labute approximate surface area is 123 Å². The van der Waals surface area contributed by atoms with E-state index in [1.54, 1.807) is 7.11 Å². The number of methoxy groups -OCH3 is 1. The minimum Gasteiger partial charge on any atom is -0.383 e. The maximum Gasteiger partial charge on any atom is 0.0589 e. The largest absolute Gasteiger partial charge is 0.383 e. The summed E-state index contributed by atoms with van der Waals surface area (Å²) in [7, 11) is 3.84. The van der Waals surface area contributed by atoms with E-state index in [1.807, 2.05) is 0 Å². The van der Waals surface area contributed by atoms with Crippen LogP contribution >= 0.6 is 0 Å². The van der Waals surface area contributed by atoms with Crippen LogP contribution in [-0.4, -0.2) is 44.8 Å². The predicted octanol–water partition coefficient (Wildman–Crippen LogP) is 2.67. The van der Waals surface area contributed by atoms with Crippen molar-refractivity contribution < 1.29 is 4.74 Å². The molecule has 1 aromatic carbocycles. The second kappa shape index (κ2) is 7.21. The Bertz CT molecular complexity index is 429. The van der Waals surface area contributed by atoms with Gasteiger partial charge in [-0.3, -0.25) is 4.90 Å². The van der Waals surface area contributed by atoms with E-state index in [0.717, 1.165) is 25.7 Å². The molecule has 2 rings (SSSR count). The van der Waals surface area contributed by atoms with Crippen LogP contribution in [0.1, 0.15) is 35.6 Å². The fourth-order valence-electron chi connectivity index (χ4n) is 2.87. The number of likely N-dealkylation sites (N-methyl/N-ethyl adjacent to an activating group) is 1. The van der Waals surface area contributed by atoms with Crippen LogP contribution < -0.4 is 5.32 Å². The first-order valence-corrected chi connectivity index (χ1v) is 7.63. The molecule has 0 radical (unpaired) electrons. The van der Waals surface area contributed by atoms with Gasteiger partial charge in [0.1, 0.15) is 0 Å². The molecule has 0 bridgehead atoms. The van der Waals surface area contributed by atoms with E-state index >= 15 is 0 Å². The number of hydrogen-bond donors (Lipinski definition) is 1. The summed E-state index contributed by atoms with van der Waals surface area (Å²) in [5, 5.41) is 3.49. The number of nitrogens with one attached hydrogen (secondary N) is 1. The van der Waals surface area contributed by atoms with Crippen LogP contribution in [-0.2, 0) is 4.74 Å². The van der Waals surface area contributed by atoms with Crippen LogP contribution in [0.4, 0.5) is 0 Å². The monoisotopic (exact) mass is 276 g/mol. The topological polar surface area (TPSA) is 24.5 Å². The zero-order valence-electron chi connectivity index (χ0n) is 13.3. The molecule has 0 heterocycles. The van der Waals surface area contributed by atoms with Gasteiger partial charge in [-0.2, -0.15) is 0 Å². The molecule has 1 unspecified atom stereocenters. The Hall–Kier alpha value is -0.900. The van der Waals surface area contributed by atoms with E-state index in [9.17, 15) is 0 Å². The molecule has 0 aliphatic heterocycles. The third-order valence-corrected chi connectivity index (χ3v) is 4.21. The molecule has 0 spiro atoms. The van der Waals surface area contributed by atoms with Crippen molar-refractivity contribution in [3.05, 3.63) is 34.9 Å². The normalized spacial score (nSPS) is 16.6. The molecule has 1 aliphatic rings. The maximum absolute atomic E-state index is 5.25. The van der Waals surface area contributed by atoms with Gasteiger partial charge >= 0.3 is 0 Å². The van der Waals surface area contributed by atoms with Crippen molar-refractivity contribution in [1.29, 1.82) is 0 Å². The number of benzene rings is 1. The smallest absolute Gasteiger partial charge is 0.0589 e. The SMILES string of the molecule is CNC(CN(CCOC)C1CC1)c1ccc(C)cc1C. The van der Waals surface area contributed by atoms with Gasteiger partial charge in [0.2, 0.25) is 0 Å². The minimum absolute atomic E-state index is 0.396. The highest BCUT2D eigenvalue weighted by atomic mass is 16.5. The zero-order chi connectivity index (χ0) is 14.5. The molecule has 20 heavy (non-hydrogen) atoms. The van der Waals surface area contributed by atoms with Crippen molar-refractivity contribution in [2.75, 3.05) is 33.9 Å². The third kappa shape index (κ3) is 4.05. The Kier molecular flexibility index (Phi) is 5.58. The van der Waals surface area contributed by atoms with Crippen molar-refractivity contribution in [1.82, 2.24) is 10.2 Å². The van der Waals surface area contributed by atoms with Gasteiger partial charge in [-0.1, -0.05) is 23.8 Å². The Morgan fingerprint density at radius 3 is 2.65 bits per heavy atom. The van der Waals surface area contributed by atoms with Crippen molar-refractivity contribution in [2.24, 2.45) is 0 Å². The van der Waals surface area contributed by atoms with Crippen LogP contribution in [0.3, 0.4) is 0 Å². The summed E-state index contributed by atoms with van der Waals surface area (Å²) in [6.45, 7) is 7.28. The fourth-order valence-corrected chi connectivity index (χ4v) is 2.87. The number of rotatable bonds is 8. The van der Waals surface area contributed by atoms with Gasteiger partial charge in [-0.25, -0.2) is 0 Å². The molecule has 112 valence electrons. The summed E-state index contributed by atoms with van der Waals surface area (Å²) in [4.78, 5) is 2.57. The van der Waals surface area contributed by atoms with Crippen molar-refractivity contribution in [2.45, 2.75) is 38.8 Å². The quantitative estimate of drug-likeness (QED) is 0.790. The van der Waals surface area contributed by atoms with E-state index in [-0.39, 0.29) is 0 Å². The lowest BCUT2D eigenvalue weighted by Gasteiger charge is -2.28. The molecule has 0 saturated heterocycles. The van der Waals surface area contributed by atoms with Crippen LogP contribution in [0.15, 0.2) is 18.2 Å². The Morgan fingerprint density at radius 2 is 2.10 bits per heavy atom. The summed E-state index contributed by atoms with van der Waals surface area (Å²) < 4.78 is 5.25. The molecule has 0 aromatic heterocycles. The van der Waals surface area contributed by atoms with E-state index in [2.05, 4.69) is 49.3 Å². The van der Waals surface area contributed by atoms with E-state index in [1.165, 1.54) is 29.5 Å². The van der Waals surface area contributed by atoms with Crippen molar-refractivity contribution in [3.63, 3.8) is 0 Å². The first-order chi connectivity index (χ1) is 9.65. The lowest BCUT2D eigenvalue weighted by molar-refractivity contribution is 0.136. The maximum atomic E-state index is 5.25. The highest BCUT2D eigenvalue weighted by Crippen LogP contribution is 2.29. The van der Waals surface area contributed by atoms with Gasteiger partial charge in [0, 0.05) is 32.3 Å². The summed E-state index contributed by atoms with van der Waals surface area (Å²) in [5.41, 5.74) is 4.13. The molecule has 1 aliphatic carbocycles. The molecule has 1 fully saturated rings. The highest BCUT2D eigenvalue weighted by molar-refractivity contribution is 5.33. The lowest BCUT2D eigenvalue weighted by Crippen LogP contribution is -2.37. The standard InChI is InChI=1S/C17H28N2O/c1-13-5-8-16(14(2)11-13)17(18-3)12-19(9-10-20-4)15-6-7-15/h5,8,11,15,17-18H,6-7,9-10,12H2,1-4H3. The molecule has 1 N–H and O–H groups in total. The van der Waals surface area contributed by atoms with E-state index in [0.29, 0.717) is 6.04 Å². The molecule has 1 atom stereocenters. The zero-order valence-corrected chi connectivity index (χ0v) is 13.3. The Balaban J connectivity index is 2.06. The molecular formula is C17H28N2O. The summed E-state index contributed by atoms with van der Waals surface area (Å²) >= 11 is 0. The second-order valence-corrected chi connectivity index (χ2v) is 5.92. The number of hydrogen-bond acceptors (Lipinski definition) is 3. The summed E-state index contributed by atoms with van der Waals surface area (Å²) in [6, 6.07) is 7.92. The number of nitrogens with zero attached hydrogens (tertiary/aromatic N) is 1. The van der Waals surface area contributed by atoms with Gasteiger partial charge in [0.15, 0.2) is 0 Å². The fraction of sp³-hybridized carbons (Fsp3) is 0.647. The first-order valence-electron chi connectivity index (χ1n) is 7.63. The first kappa shape index (κ1) is 15.5.